The molecule has 0 aliphatic rings. The van der Waals surface area contributed by atoms with Crippen molar-refractivity contribution in [1.29, 1.82) is 0 Å². The van der Waals surface area contributed by atoms with Crippen molar-refractivity contribution in [1.82, 2.24) is 0 Å². The molecule has 5 rings (SSSR count). The highest BCUT2D eigenvalue weighted by molar-refractivity contribution is 7.86. The highest BCUT2D eigenvalue weighted by Gasteiger charge is 2.37. The molecule has 5 nitrogen and oxygen atoms in total. The molecule has 5 aromatic rings. The molecule has 0 bridgehead atoms. The number of fused-ring (bicyclic) bond motifs is 3. The third-order valence-corrected chi connectivity index (χ3v) is 6.62. The zero-order chi connectivity index (χ0) is 27.7. The smallest absolute Gasteiger partial charge is 0.485 e. The van der Waals surface area contributed by atoms with E-state index in [0.717, 1.165) is 17.0 Å². The van der Waals surface area contributed by atoms with Crippen molar-refractivity contribution >= 4 is 26.4 Å². The molecule has 0 aliphatic heterocycles. The fraction of sp³-hybridized carbons (Fsp3) is 0.138. The monoisotopic (exact) mass is 539 g/mol. The van der Waals surface area contributed by atoms with Gasteiger partial charge in [0.1, 0.15) is 5.75 Å². The van der Waals surface area contributed by atoms with Gasteiger partial charge in [0, 0.05) is 29.3 Å². The Morgan fingerprint density at radius 1 is 0.763 bits per heavy atom. The highest BCUT2D eigenvalue weighted by Crippen LogP contribution is 2.30. The van der Waals surface area contributed by atoms with Crippen LogP contribution >= 0.6 is 0 Å². The lowest BCUT2D eigenvalue weighted by molar-refractivity contribution is -0.485. The molecular weight excluding hydrogens is 515 g/mol. The van der Waals surface area contributed by atoms with Crippen LogP contribution in [0.3, 0.4) is 0 Å². The number of benzene rings is 3. The molecular formula is C29H24F3NO4S. The summed E-state index contributed by atoms with van der Waals surface area (Å²) in [5.41, 5.74) is 2.87. The van der Waals surface area contributed by atoms with E-state index >= 15 is 0 Å². The summed E-state index contributed by atoms with van der Waals surface area (Å²) in [7, 11) is -4.39. The lowest BCUT2D eigenvalue weighted by Crippen LogP contribution is -2.28. The molecule has 3 aromatic carbocycles. The zero-order valence-corrected chi connectivity index (χ0v) is 21.6. The summed E-state index contributed by atoms with van der Waals surface area (Å²) in [5, 5.41) is 2.58. The van der Waals surface area contributed by atoms with Gasteiger partial charge >= 0.3 is 5.51 Å². The quantitative estimate of drug-likeness (QED) is 0.112. The van der Waals surface area contributed by atoms with Gasteiger partial charge in [-0.15, -0.1) is 0 Å². The second-order valence-corrected chi connectivity index (χ2v) is 10.1. The summed E-state index contributed by atoms with van der Waals surface area (Å²) in [6, 6.07) is 32.4. The van der Waals surface area contributed by atoms with E-state index in [1.54, 1.807) is 7.11 Å². The Morgan fingerprint density at radius 3 is 1.95 bits per heavy atom. The number of pyridine rings is 2. The molecule has 0 spiro atoms. The minimum Gasteiger partial charge on any atom is -0.741 e. The number of rotatable bonds is 3. The molecule has 0 saturated carbocycles. The second-order valence-electron chi connectivity index (χ2n) is 8.70. The van der Waals surface area contributed by atoms with Gasteiger partial charge in [0.2, 0.25) is 16.9 Å². The van der Waals surface area contributed by atoms with E-state index in [9.17, 15) is 13.2 Å². The van der Waals surface area contributed by atoms with Crippen molar-refractivity contribution in [3.05, 3.63) is 102 Å². The maximum absolute atomic E-state index is 10.7. The normalized spacial score (nSPS) is 11.8. The Hall–Kier alpha value is -3.95. The number of hydrogen-bond donors (Lipinski definition) is 0. The lowest BCUT2D eigenvalue weighted by atomic mass is 9.98. The molecule has 0 N–H and O–H groups in total. The van der Waals surface area contributed by atoms with Crippen molar-refractivity contribution in [2.45, 2.75) is 19.4 Å². The SMILES string of the molecule is COc1ccc(-c2cccc3c4cc(C)cc(C)c4cc(-c4ccccc4)[n+]23)cc1.O=S(=O)([O-])C(F)(F)F. The number of alkyl halides is 3. The zero-order valence-electron chi connectivity index (χ0n) is 20.8. The maximum Gasteiger partial charge on any atom is 0.485 e. The first-order valence-electron chi connectivity index (χ1n) is 11.5. The first-order chi connectivity index (χ1) is 17.9. The molecule has 0 aliphatic carbocycles. The van der Waals surface area contributed by atoms with Crippen molar-refractivity contribution in [3.8, 4) is 28.3 Å². The second kappa shape index (κ2) is 10.4. The number of aromatic nitrogens is 1. The Kier molecular flexibility index (Phi) is 7.44. The van der Waals surface area contributed by atoms with Crippen LogP contribution in [0.15, 0.2) is 91.0 Å². The van der Waals surface area contributed by atoms with Gasteiger partial charge in [0.25, 0.3) is 0 Å². The van der Waals surface area contributed by atoms with Crippen LogP contribution in [0, 0.1) is 13.8 Å². The van der Waals surface area contributed by atoms with Gasteiger partial charge in [-0.1, -0.05) is 24.3 Å². The summed E-state index contributed by atoms with van der Waals surface area (Å²) < 4.78 is 66.7. The Balaban J connectivity index is 0.000000368. The minimum absolute atomic E-state index is 0.865. The van der Waals surface area contributed by atoms with Crippen LogP contribution in [0.2, 0.25) is 0 Å². The fourth-order valence-corrected chi connectivity index (χ4v) is 4.37. The summed E-state index contributed by atoms with van der Waals surface area (Å²) in [4.78, 5) is 0. The topological polar surface area (TPSA) is 70.5 Å². The van der Waals surface area contributed by atoms with Crippen LogP contribution in [0.4, 0.5) is 13.2 Å². The number of methoxy groups -OCH3 is 1. The van der Waals surface area contributed by atoms with Gasteiger partial charge in [-0.2, -0.15) is 17.6 Å². The largest absolute Gasteiger partial charge is 0.741 e. The Labute approximate surface area is 218 Å². The molecule has 196 valence electrons. The van der Waals surface area contributed by atoms with E-state index < -0.39 is 15.6 Å². The van der Waals surface area contributed by atoms with Gasteiger partial charge in [-0.3, -0.25) is 0 Å². The van der Waals surface area contributed by atoms with Crippen LogP contribution in [-0.4, -0.2) is 25.6 Å². The fourth-order valence-electron chi connectivity index (χ4n) is 4.37. The maximum atomic E-state index is 10.7. The van der Waals surface area contributed by atoms with Crippen molar-refractivity contribution in [2.24, 2.45) is 0 Å². The molecule has 9 heteroatoms. The molecule has 2 aromatic heterocycles. The number of ether oxygens (including phenoxy) is 1. The van der Waals surface area contributed by atoms with Crippen LogP contribution in [0.1, 0.15) is 11.1 Å². The van der Waals surface area contributed by atoms with Gasteiger partial charge in [0.15, 0.2) is 10.1 Å². The minimum atomic E-state index is -6.09. The van der Waals surface area contributed by atoms with Crippen molar-refractivity contribution < 1.29 is 35.3 Å². The van der Waals surface area contributed by atoms with Crippen molar-refractivity contribution in [2.75, 3.05) is 7.11 Å². The van der Waals surface area contributed by atoms with Crippen LogP contribution in [0.5, 0.6) is 5.75 Å². The lowest BCUT2D eigenvalue weighted by Gasteiger charge is -2.11. The molecule has 0 atom stereocenters. The molecule has 0 unspecified atom stereocenters. The van der Waals surface area contributed by atoms with Gasteiger partial charge in [-0.25, -0.2) is 8.42 Å². The summed E-state index contributed by atoms with van der Waals surface area (Å²) in [5.74, 6) is 0.865. The van der Waals surface area contributed by atoms with Crippen LogP contribution in [0.25, 0.3) is 38.8 Å². The van der Waals surface area contributed by atoms with Gasteiger partial charge in [-0.05, 0) is 78.9 Å². The number of halogens is 3. The first kappa shape index (κ1) is 27.1. The van der Waals surface area contributed by atoms with E-state index in [1.165, 1.54) is 38.7 Å². The van der Waals surface area contributed by atoms with E-state index in [1.807, 2.05) is 12.1 Å². The van der Waals surface area contributed by atoms with Crippen molar-refractivity contribution in [3.63, 3.8) is 0 Å². The predicted molar refractivity (Wildman–Crippen MR) is 140 cm³/mol. The van der Waals surface area contributed by atoms with E-state index in [4.69, 9.17) is 17.7 Å². The summed E-state index contributed by atoms with van der Waals surface area (Å²) in [6.07, 6.45) is 0. The number of hydrogen-bond acceptors (Lipinski definition) is 4. The molecule has 38 heavy (non-hydrogen) atoms. The van der Waals surface area contributed by atoms with Gasteiger partial charge in [0.05, 0.1) is 12.5 Å². The standard InChI is InChI=1S/C28H24NO.CHF3O3S/c1-19-16-20(2)24-18-28(21-8-5-4-6-9-21)29-26(10-7-11-27(29)25(24)17-19)22-12-14-23(30-3)15-13-22;2-1(3,4)8(5,6)7/h4-18H,1-3H3;(H,5,6,7)/q+1;/p-1. The molecule has 0 amide bonds. The number of nitrogens with zero attached hydrogens (tertiary/aromatic N) is 1. The average molecular weight is 540 g/mol. The third kappa shape index (κ3) is 5.49. The summed E-state index contributed by atoms with van der Waals surface area (Å²) >= 11 is 0. The predicted octanol–water partition coefficient (Wildman–Crippen LogP) is 6.59. The van der Waals surface area contributed by atoms with Crippen LogP contribution < -0.4 is 9.14 Å². The van der Waals surface area contributed by atoms with E-state index in [0.29, 0.717) is 0 Å². The Bertz CT molecular complexity index is 1720. The first-order valence-corrected chi connectivity index (χ1v) is 12.9. The molecule has 0 radical (unpaired) electrons. The Morgan fingerprint density at radius 2 is 1.37 bits per heavy atom. The number of aryl methyl sites for hydroxylation is 2. The van der Waals surface area contributed by atoms with Gasteiger partial charge < -0.3 is 9.29 Å². The van der Waals surface area contributed by atoms with E-state index in [-0.39, 0.29) is 0 Å². The summed E-state index contributed by atoms with van der Waals surface area (Å²) in [6.45, 7) is 4.37. The average Bonchev–Trinajstić information content (AvgIpc) is 2.88. The molecule has 2 heterocycles. The molecule has 0 fully saturated rings. The van der Waals surface area contributed by atoms with E-state index in [2.05, 4.69) is 97.1 Å². The van der Waals surface area contributed by atoms with Crippen LogP contribution in [-0.2, 0) is 10.1 Å². The third-order valence-electron chi connectivity index (χ3n) is 6.06. The highest BCUT2D eigenvalue weighted by atomic mass is 32.2. The molecule has 0 saturated heterocycles.